The second-order valence-corrected chi connectivity index (χ2v) is 7.27. The normalized spacial score (nSPS) is 11.0. The smallest absolute Gasteiger partial charge is 0.311 e. The molecule has 0 amide bonds. The van der Waals surface area contributed by atoms with Gasteiger partial charge in [-0.3, -0.25) is 19.6 Å². The van der Waals surface area contributed by atoms with E-state index in [2.05, 4.69) is 5.10 Å². The Hall–Kier alpha value is -3.94. The number of aryl methyl sites for hydroxylation is 3. The monoisotopic (exact) mass is 435 g/mol. The highest BCUT2D eigenvalue weighted by Gasteiger charge is 2.16. The van der Waals surface area contributed by atoms with E-state index in [1.807, 2.05) is 19.1 Å². The topological polar surface area (TPSA) is 96.5 Å². The third-order valence-electron chi connectivity index (χ3n) is 4.96. The molecule has 0 fully saturated rings. The molecule has 0 bridgehead atoms. The van der Waals surface area contributed by atoms with Crippen LogP contribution in [0.15, 0.2) is 48.7 Å². The van der Waals surface area contributed by atoms with Crippen LogP contribution in [0.2, 0.25) is 0 Å². The van der Waals surface area contributed by atoms with Crippen LogP contribution in [0, 0.1) is 24.0 Å². The van der Waals surface area contributed by atoms with Gasteiger partial charge in [-0.2, -0.15) is 5.10 Å². The summed E-state index contributed by atoms with van der Waals surface area (Å²) in [6.45, 7) is 6.32. The minimum atomic E-state index is -0.465. The Bertz CT molecular complexity index is 1180. The Labute approximate surface area is 186 Å². The Balaban J connectivity index is 1.80. The molecule has 0 N–H and O–H groups in total. The van der Waals surface area contributed by atoms with Gasteiger partial charge in [-0.25, -0.2) is 0 Å². The summed E-state index contributed by atoms with van der Waals surface area (Å²) < 4.78 is 12.9. The molecule has 0 aliphatic rings. The lowest BCUT2D eigenvalue weighted by atomic mass is 10.1. The molecule has 0 aliphatic carbocycles. The fourth-order valence-corrected chi connectivity index (χ4v) is 3.25. The molecule has 0 unspecified atom stereocenters. The number of nitro groups is 1. The van der Waals surface area contributed by atoms with E-state index in [1.165, 1.54) is 12.1 Å². The highest BCUT2D eigenvalue weighted by molar-refractivity contribution is 6.07. The Kier molecular flexibility index (Phi) is 7.04. The van der Waals surface area contributed by atoms with E-state index >= 15 is 0 Å². The molecule has 1 heterocycles. The molecule has 8 heteroatoms. The molecule has 0 spiro atoms. The van der Waals surface area contributed by atoms with E-state index in [1.54, 1.807) is 56.1 Å². The number of methoxy groups -OCH3 is 1. The summed E-state index contributed by atoms with van der Waals surface area (Å²) in [6, 6.07) is 10.2. The molecule has 0 aliphatic heterocycles. The third-order valence-corrected chi connectivity index (χ3v) is 4.96. The van der Waals surface area contributed by atoms with Crippen LogP contribution in [0.1, 0.15) is 39.7 Å². The van der Waals surface area contributed by atoms with Crippen LogP contribution in [-0.2, 0) is 13.2 Å². The Morgan fingerprint density at radius 3 is 2.59 bits per heavy atom. The molecule has 0 radical (unpaired) electrons. The lowest BCUT2D eigenvalue weighted by Crippen LogP contribution is -2.02. The van der Waals surface area contributed by atoms with Gasteiger partial charge in [0.25, 0.3) is 0 Å². The third kappa shape index (κ3) is 5.21. The minimum Gasteiger partial charge on any atom is -0.496 e. The van der Waals surface area contributed by atoms with Gasteiger partial charge < -0.3 is 9.47 Å². The number of nitro benzene ring substituents is 1. The predicted molar refractivity (Wildman–Crippen MR) is 121 cm³/mol. The van der Waals surface area contributed by atoms with Crippen molar-refractivity contribution in [3.8, 4) is 11.5 Å². The van der Waals surface area contributed by atoms with Crippen LogP contribution in [0.25, 0.3) is 6.08 Å². The van der Waals surface area contributed by atoms with Crippen molar-refractivity contribution in [3.05, 3.63) is 86.7 Å². The van der Waals surface area contributed by atoms with Gasteiger partial charge in [0.2, 0.25) is 0 Å². The van der Waals surface area contributed by atoms with Crippen LogP contribution in [0.4, 0.5) is 5.69 Å². The van der Waals surface area contributed by atoms with Gasteiger partial charge in [0.05, 0.1) is 23.3 Å². The number of hydrogen-bond donors (Lipinski definition) is 0. The van der Waals surface area contributed by atoms with Gasteiger partial charge in [-0.15, -0.1) is 0 Å². The van der Waals surface area contributed by atoms with Crippen LogP contribution in [-0.4, -0.2) is 27.6 Å². The summed E-state index contributed by atoms with van der Waals surface area (Å²) in [6.07, 6.45) is 4.95. The van der Waals surface area contributed by atoms with E-state index in [4.69, 9.17) is 9.47 Å². The lowest BCUT2D eigenvalue weighted by molar-refractivity contribution is -0.386. The predicted octanol–water partition coefficient (Wildman–Crippen LogP) is 4.91. The molecule has 3 rings (SSSR count). The fourth-order valence-electron chi connectivity index (χ4n) is 3.25. The number of ether oxygens (including phenoxy) is 2. The first-order chi connectivity index (χ1) is 15.3. The van der Waals surface area contributed by atoms with Gasteiger partial charge >= 0.3 is 5.69 Å². The zero-order valence-electron chi connectivity index (χ0n) is 18.5. The Morgan fingerprint density at radius 2 is 1.94 bits per heavy atom. The molecule has 1 aromatic heterocycles. The largest absolute Gasteiger partial charge is 0.496 e. The first-order valence-corrected chi connectivity index (χ1v) is 10.1. The average molecular weight is 435 g/mol. The number of aromatic nitrogens is 2. The van der Waals surface area contributed by atoms with Crippen LogP contribution >= 0.6 is 0 Å². The molecule has 166 valence electrons. The molecule has 3 aromatic rings. The maximum atomic E-state index is 12.6. The number of hydrogen-bond acceptors (Lipinski definition) is 6. The van der Waals surface area contributed by atoms with Crippen LogP contribution in [0.5, 0.6) is 11.5 Å². The first-order valence-electron chi connectivity index (χ1n) is 10.1. The lowest BCUT2D eigenvalue weighted by Gasteiger charge is -2.11. The number of ketones is 1. The van der Waals surface area contributed by atoms with E-state index in [0.29, 0.717) is 29.1 Å². The minimum absolute atomic E-state index is 0.0745. The van der Waals surface area contributed by atoms with E-state index in [0.717, 1.165) is 11.1 Å². The van der Waals surface area contributed by atoms with Crippen molar-refractivity contribution < 1.29 is 19.2 Å². The second kappa shape index (κ2) is 9.91. The molecular formula is C24H25N3O5. The van der Waals surface area contributed by atoms with E-state index in [9.17, 15) is 14.9 Å². The van der Waals surface area contributed by atoms with Gasteiger partial charge in [-0.05, 0) is 56.2 Å². The van der Waals surface area contributed by atoms with Crippen molar-refractivity contribution in [2.45, 2.75) is 33.9 Å². The number of rotatable bonds is 9. The molecule has 8 nitrogen and oxygen atoms in total. The molecule has 0 atom stereocenters. The Morgan fingerprint density at radius 1 is 1.19 bits per heavy atom. The second-order valence-electron chi connectivity index (χ2n) is 7.27. The summed E-state index contributed by atoms with van der Waals surface area (Å²) in [5.74, 6) is 0.636. The summed E-state index contributed by atoms with van der Waals surface area (Å²) in [7, 11) is 1.54. The number of carbonyl (C=O) groups excluding carboxylic acids is 1. The van der Waals surface area contributed by atoms with Gasteiger partial charge in [0, 0.05) is 24.4 Å². The summed E-state index contributed by atoms with van der Waals surface area (Å²) >= 11 is 0. The molecule has 0 saturated heterocycles. The number of allylic oxidation sites excluding steroid dienone is 1. The number of benzene rings is 2. The fraction of sp³-hybridized carbons (Fsp3) is 0.250. The van der Waals surface area contributed by atoms with Crippen molar-refractivity contribution in [1.82, 2.24) is 9.78 Å². The SMILES string of the molecule is CCn1cc(C(=O)/C=C/c2ccc(OC)c(COc3ccc(C)cc3[N+](=O)[O-])c2)c(C)n1. The standard InChI is InChI=1S/C24H25N3O5/c1-5-26-14-20(17(3)25-26)22(28)9-7-18-8-11-23(31-4)19(13-18)15-32-24-10-6-16(2)12-21(24)27(29)30/h6-14H,5,15H2,1-4H3/b9-7+. The van der Waals surface area contributed by atoms with Crippen molar-refractivity contribution in [2.24, 2.45) is 0 Å². The van der Waals surface area contributed by atoms with Gasteiger partial charge in [0.1, 0.15) is 12.4 Å². The van der Waals surface area contributed by atoms with E-state index in [-0.39, 0.29) is 23.8 Å². The summed E-state index contributed by atoms with van der Waals surface area (Å²) in [4.78, 5) is 23.4. The quantitative estimate of drug-likeness (QED) is 0.205. The maximum Gasteiger partial charge on any atom is 0.311 e. The summed E-state index contributed by atoms with van der Waals surface area (Å²) in [5.41, 5.74) is 3.41. The zero-order valence-corrected chi connectivity index (χ0v) is 18.5. The van der Waals surface area contributed by atoms with Crippen molar-refractivity contribution >= 4 is 17.5 Å². The zero-order chi connectivity index (χ0) is 23.3. The van der Waals surface area contributed by atoms with Crippen molar-refractivity contribution in [3.63, 3.8) is 0 Å². The number of nitrogens with zero attached hydrogens (tertiary/aromatic N) is 3. The molecule has 0 saturated carbocycles. The van der Waals surface area contributed by atoms with Crippen molar-refractivity contribution in [2.75, 3.05) is 7.11 Å². The molecule has 2 aromatic carbocycles. The maximum absolute atomic E-state index is 12.6. The van der Waals surface area contributed by atoms with Crippen LogP contribution in [0.3, 0.4) is 0 Å². The number of carbonyl (C=O) groups is 1. The van der Waals surface area contributed by atoms with Crippen molar-refractivity contribution in [1.29, 1.82) is 0 Å². The molecule has 32 heavy (non-hydrogen) atoms. The highest BCUT2D eigenvalue weighted by atomic mass is 16.6. The first kappa shape index (κ1) is 22.7. The van der Waals surface area contributed by atoms with Gasteiger partial charge in [0.15, 0.2) is 11.5 Å². The summed E-state index contributed by atoms with van der Waals surface area (Å²) in [5, 5.41) is 15.6. The van der Waals surface area contributed by atoms with Gasteiger partial charge in [-0.1, -0.05) is 18.2 Å². The van der Waals surface area contributed by atoms with Crippen LogP contribution < -0.4 is 9.47 Å². The average Bonchev–Trinajstić information content (AvgIpc) is 3.17. The molecular weight excluding hydrogens is 410 g/mol. The van der Waals surface area contributed by atoms with E-state index < -0.39 is 4.92 Å². The highest BCUT2D eigenvalue weighted by Crippen LogP contribution is 2.30.